The van der Waals surface area contributed by atoms with Crippen LogP contribution in [0, 0.1) is 13.8 Å². The summed E-state index contributed by atoms with van der Waals surface area (Å²) in [7, 11) is 0. The summed E-state index contributed by atoms with van der Waals surface area (Å²) in [4.78, 5) is 0. The van der Waals surface area contributed by atoms with Crippen molar-refractivity contribution in [2.45, 2.75) is 52.4 Å². The van der Waals surface area contributed by atoms with Gasteiger partial charge in [-0.05, 0) is 50.6 Å². The Hall–Kier alpha value is -0.580. The highest BCUT2D eigenvalue weighted by atomic mass is 79.9. The monoisotopic (exact) mass is 341 g/mol. The first-order chi connectivity index (χ1) is 9.56. The number of benzene rings is 1. The molecule has 112 valence electrons. The van der Waals surface area contributed by atoms with E-state index < -0.39 is 0 Å². The van der Waals surface area contributed by atoms with E-state index in [2.05, 4.69) is 54.2 Å². The summed E-state index contributed by atoms with van der Waals surface area (Å²) in [5, 5.41) is 3.45. The van der Waals surface area contributed by atoms with Crippen molar-refractivity contribution in [1.82, 2.24) is 5.32 Å². The highest BCUT2D eigenvalue weighted by Gasteiger charge is 2.43. The number of halogens is 1. The number of aryl methyl sites for hydroxylation is 2. The molecule has 0 aliphatic heterocycles. The van der Waals surface area contributed by atoms with E-state index in [1.54, 1.807) is 0 Å². The van der Waals surface area contributed by atoms with Crippen LogP contribution in [0.3, 0.4) is 0 Å². The second kappa shape index (κ2) is 6.92. The van der Waals surface area contributed by atoms with E-state index in [0.717, 1.165) is 29.8 Å². The number of hydrogen-bond donors (Lipinski definition) is 1. The largest absolute Gasteiger partial charge is 0.488 e. The lowest BCUT2D eigenvalue weighted by Crippen LogP contribution is -2.61. The molecule has 1 fully saturated rings. The molecule has 0 bridgehead atoms. The molecule has 3 unspecified atom stereocenters. The van der Waals surface area contributed by atoms with Crippen molar-refractivity contribution in [3.8, 4) is 5.75 Å². The average molecular weight is 342 g/mol. The summed E-state index contributed by atoms with van der Waals surface area (Å²) in [6.07, 6.45) is 1.32. The summed E-state index contributed by atoms with van der Waals surface area (Å²) < 4.78 is 13.1. The Morgan fingerprint density at radius 2 is 1.90 bits per heavy atom. The van der Waals surface area contributed by atoms with Crippen LogP contribution < -0.4 is 10.1 Å². The van der Waals surface area contributed by atoms with Crippen molar-refractivity contribution < 1.29 is 9.47 Å². The van der Waals surface area contributed by atoms with Gasteiger partial charge in [-0.25, -0.2) is 0 Å². The fraction of sp³-hybridized carbons (Fsp3) is 0.625. The Morgan fingerprint density at radius 1 is 1.25 bits per heavy atom. The third-order valence-corrected chi connectivity index (χ3v) is 5.02. The van der Waals surface area contributed by atoms with E-state index in [0.29, 0.717) is 6.04 Å². The van der Waals surface area contributed by atoms with Crippen LogP contribution >= 0.6 is 15.9 Å². The minimum absolute atomic E-state index is 0.152. The Labute approximate surface area is 130 Å². The molecule has 1 saturated carbocycles. The highest BCUT2D eigenvalue weighted by molar-refractivity contribution is 9.10. The van der Waals surface area contributed by atoms with Gasteiger partial charge >= 0.3 is 0 Å². The van der Waals surface area contributed by atoms with E-state index in [1.807, 2.05) is 6.92 Å². The third kappa shape index (κ3) is 3.35. The first kappa shape index (κ1) is 15.8. The van der Waals surface area contributed by atoms with Gasteiger partial charge in [-0.1, -0.05) is 22.9 Å². The molecule has 1 N–H and O–H groups in total. The van der Waals surface area contributed by atoms with E-state index in [1.165, 1.54) is 11.1 Å². The van der Waals surface area contributed by atoms with E-state index >= 15 is 0 Å². The molecule has 0 aromatic heterocycles. The van der Waals surface area contributed by atoms with Crippen molar-refractivity contribution in [2.75, 3.05) is 13.2 Å². The Balaban J connectivity index is 2.03. The predicted molar refractivity (Wildman–Crippen MR) is 85.5 cm³/mol. The minimum atomic E-state index is 0.152. The van der Waals surface area contributed by atoms with Crippen LogP contribution in [-0.2, 0) is 4.74 Å². The summed E-state index contributed by atoms with van der Waals surface area (Å²) in [6, 6.07) is 4.59. The summed E-state index contributed by atoms with van der Waals surface area (Å²) in [6.45, 7) is 10.0. The molecule has 3 atom stereocenters. The van der Waals surface area contributed by atoms with Crippen LogP contribution in [0.1, 0.15) is 31.4 Å². The number of ether oxygens (including phenoxy) is 2. The molecule has 0 spiro atoms. The standard InChI is InChI=1S/C16H24BrNO2/c1-5-18-13-9-14(16(13)19-6-2)20-12-7-10(3)15(17)11(4)8-12/h7-8,13-14,16,18H,5-6,9H2,1-4H3. The molecule has 0 radical (unpaired) electrons. The van der Waals surface area contributed by atoms with E-state index in [-0.39, 0.29) is 12.2 Å². The molecule has 20 heavy (non-hydrogen) atoms. The van der Waals surface area contributed by atoms with Gasteiger partial charge < -0.3 is 14.8 Å². The lowest BCUT2D eigenvalue weighted by Gasteiger charge is -2.44. The van der Waals surface area contributed by atoms with Gasteiger partial charge in [0.2, 0.25) is 0 Å². The maximum Gasteiger partial charge on any atom is 0.128 e. The van der Waals surface area contributed by atoms with Crippen LogP contribution in [0.5, 0.6) is 5.75 Å². The molecular formula is C16H24BrNO2. The molecule has 4 heteroatoms. The second-order valence-electron chi connectivity index (χ2n) is 5.35. The Morgan fingerprint density at radius 3 is 2.45 bits per heavy atom. The van der Waals surface area contributed by atoms with Gasteiger partial charge in [0, 0.05) is 23.5 Å². The van der Waals surface area contributed by atoms with Gasteiger partial charge in [0.1, 0.15) is 18.0 Å². The molecule has 0 saturated heterocycles. The van der Waals surface area contributed by atoms with Crippen molar-refractivity contribution in [1.29, 1.82) is 0 Å². The van der Waals surface area contributed by atoms with Gasteiger partial charge in [-0.15, -0.1) is 0 Å². The zero-order chi connectivity index (χ0) is 14.7. The third-order valence-electron chi connectivity index (χ3n) is 3.77. The first-order valence-electron chi connectivity index (χ1n) is 7.35. The summed E-state index contributed by atoms with van der Waals surface area (Å²) in [5.74, 6) is 0.938. The minimum Gasteiger partial charge on any atom is -0.488 e. The van der Waals surface area contributed by atoms with Crippen LogP contribution in [-0.4, -0.2) is 31.4 Å². The number of nitrogens with one attached hydrogen (secondary N) is 1. The SMILES string of the molecule is CCNC1CC(Oc2cc(C)c(Br)c(C)c2)C1OCC. The first-order valence-corrected chi connectivity index (χ1v) is 8.14. The van der Waals surface area contributed by atoms with Gasteiger partial charge in [-0.2, -0.15) is 0 Å². The van der Waals surface area contributed by atoms with Crippen molar-refractivity contribution in [2.24, 2.45) is 0 Å². The van der Waals surface area contributed by atoms with E-state index in [4.69, 9.17) is 9.47 Å². The van der Waals surface area contributed by atoms with Gasteiger partial charge in [-0.3, -0.25) is 0 Å². The van der Waals surface area contributed by atoms with Gasteiger partial charge in [0.05, 0.1) is 0 Å². The zero-order valence-corrected chi connectivity index (χ0v) is 14.3. The second-order valence-corrected chi connectivity index (χ2v) is 6.14. The number of likely N-dealkylation sites (N-methyl/N-ethyl adjacent to an activating group) is 1. The van der Waals surface area contributed by atoms with Gasteiger partial charge in [0.25, 0.3) is 0 Å². The summed E-state index contributed by atoms with van der Waals surface area (Å²) >= 11 is 3.59. The number of rotatable bonds is 6. The van der Waals surface area contributed by atoms with Gasteiger partial charge in [0.15, 0.2) is 0 Å². The smallest absolute Gasteiger partial charge is 0.128 e. The van der Waals surface area contributed by atoms with Crippen LogP contribution in [0.2, 0.25) is 0 Å². The molecule has 1 aromatic rings. The predicted octanol–water partition coefficient (Wildman–Crippen LogP) is 3.60. The molecule has 0 heterocycles. The molecule has 1 aliphatic rings. The van der Waals surface area contributed by atoms with Crippen LogP contribution in [0.4, 0.5) is 0 Å². The molecule has 2 rings (SSSR count). The fourth-order valence-electron chi connectivity index (χ4n) is 2.72. The summed E-state index contributed by atoms with van der Waals surface area (Å²) in [5.41, 5.74) is 2.41. The van der Waals surface area contributed by atoms with E-state index in [9.17, 15) is 0 Å². The molecule has 0 amide bonds. The molecule has 3 nitrogen and oxygen atoms in total. The van der Waals surface area contributed by atoms with Crippen LogP contribution in [0.25, 0.3) is 0 Å². The topological polar surface area (TPSA) is 30.5 Å². The Bertz CT molecular complexity index is 441. The molecule has 1 aliphatic carbocycles. The Kier molecular flexibility index (Phi) is 5.47. The maximum absolute atomic E-state index is 6.12. The fourth-order valence-corrected chi connectivity index (χ4v) is 2.95. The van der Waals surface area contributed by atoms with Crippen LogP contribution in [0.15, 0.2) is 16.6 Å². The van der Waals surface area contributed by atoms with Crippen molar-refractivity contribution in [3.63, 3.8) is 0 Å². The quantitative estimate of drug-likeness (QED) is 0.857. The average Bonchev–Trinajstić information content (AvgIpc) is 2.41. The lowest BCUT2D eigenvalue weighted by atomic mass is 9.85. The van der Waals surface area contributed by atoms with Crippen molar-refractivity contribution >= 4 is 15.9 Å². The maximum atomic E-state index is 6.12. The molecule has 1 aromatic carbocycles. The lowest BCUT2D eigenvalue weighted by molar-refractivity contribution is -0.104. The highest BCUT2D eigenvalue weighted by Crippen LogP contribution is 2.32. The van der Waals surface area contributed by atoms with Crippen molar-refractivity contribution in [3.05, 3.63) is 27.7 Å². The normalized spacial score (nSPS) is 25.4. The zero-order valence-electron chi connectivity index (χ0n) is 12.7. The molecular weight excluding hydrogens is 318 g/mol. The number of hydrogen-bond acceptors (Lipinski definition) is 3.